The van der Waals surface area contributed by atoms with Crippen molar-refractivity contribution < 1.29 is 9.32 Å². The summed E-state index contributed by atoms with van der Waals surface area (Å²) in [5.41, 5.74) is 0.405. The summed E-state index contributed by atoms with van der Waals surface area (Å²) < 4.78 is 5.17. The quantitative estimate of drug-likeness (QED) is 0.855. The predicted molar refractivity (Wildman–Crippen MR) is 64.9 cm³/mol. The molecule has 0 aromatic carbocycles. The number of nitrogens with one attached hydrogen (secondary N) is 1. The van der Waals surface area contributed by atoms with Crippen molar-refractivity contribution in [2.45, 2.75) is 52.0 Å². The van der Waals surface area contributed by atoms with E-state index in [2.05, 4.69) is 24.3 Å². The van der Waals surface area contributed by atoms with Gasteiger partial charge in [-0.15, -0.1) is 0 Å². The molecule has 0 saturated heterocycles. The normalized spacial score (nSPS) is 18.8. The van der Waals surface area contributed by atoms with Gasteiger partial charge >= 0.3 is 0 Å². The number of carbonyl (C=O) groups excluding carboxylic acids is 1. The van der Waals surface area contributed by atoms with Crippen LogP contribution in [0.3, 0.4) is 0 Å². The van der Waals surface area contributed by atoms with Gasteiger partial charge in [0.1, 0.15) is 5.76 Å². The van der Waals surface area contributed by atoms with E-state index in [1.54, 1.807) is 6.07 Å². The largest absolute Gasteiger partial charge is 0.360 e. The Kier molecular flexibility index (Phi) is 3.50. The lowest BCUT2D eigenvalue weighted by Gasteiger charge is -2.18. The number of aromatic nitrogens is 1. The van der Waals surface area contributed by atoms with Crippen molar-refractivity contribution in [2.24, 2.45) is 5.92 Å². The molecule has 1 aromatic heterocycles. The molecule has 94 valence electrons. The Balaban J connectivity index is 1.94. The highest BCUT2D eigenvalue weighted by atomic mass is 16.5. The zero-order valence-electron chi connectivity index (χ0n) is 10.7. The molecule has 2 unspecified atom stereocenters. The minimum absolute atomic E-state index is 0.131. The Bertz CT molecular complexity index is 396. The molecule has 1 saturated carbocycles. The van der Waals surface area contributed by atoms with Gasteiger partial charge in [-0.25, -0.2) is 0 Å². The van der Waals surface area contributed by atoms with Crippen LogP contribution in [0, 0.1) is 5.92 Å². The number of nitrogens with zero attached hydrogens (tertiary/aromatic N) is 1. The fourth-order valence-electron chi connectivity index (χ4n) is 1.73. The van der Waals surface area contributed by atoms with Gasteiger partial charge in [-0.3, -0.25) is 4.79 Å². The minimum atomic E-state index is -0.131. The van der Waals surface area contributed by atoms with E-state index >= 15 is 0 Å². The van der Waals surface area contributed by atoms with Crippen LogP contribution in [0.5, 0.6) is 0 Å². The van der Waals surface area contributed by atoms with E-state index in [4.69, 9.17) is 4.52 Å². The van der Waals surface area contributed by atoms with Gasteiger partial charge < -0.3 is 9.84 Å². The first kappa shape index (κ1) is 12.1. The lowest BCUT2D eigenvalue weighted by Crippen LogP contribution is -2.37. The maximum atomic E-state index is 11.9. The Labute approximate surface area is 102 Å². The fourth-order valence-corrected chi connectivity index (χ4v) is 1.73. The predicted octanol–water partition coefficient (Wildman–Crippen LogP) is 2.72. The third-order valence-electron chi connectivity index (χ3n) is 3.60. The second-order valence-electron chi connectivity index (χ2n) is 5.04. The monoisotopic (exact) mass is 236 g/mol. The minimum Gasteiger partial charge on any atom is -0.360 e. The molecule has 1 N–H and O–H groups in total. The third kappa shape index (κ3) is 2.87. The van der Waals surface area contributed by atoms with Gasteiger partial charge in [-0.2, -0.15) is 0 Å². The summed E-state index contributed by atoms with van der Waals surface area (Å²) in [4.78, 5) is 11.9. The van der Waals surface area contributed by atoms with Gasteiger partial charge in [0.2, 0.25) is 0 Å². The van der Waals surface area contributed by atoms with Gasteiger partial charge in [0.05, 0.1) is 0 Å². The van der Waals surface area contributed by atoms with E-state index in [1.165, 1.54) is 0 Å². The molecular formula is C13H20N2O2. The van der Waals surface area contributed by atoms with Crippen LogP contribution in [0.1, 0.15) is 62.2 Å². The van der Waals surface area contributed by atoms with Crippen LogP contribution in [0.2, 0.25) is 0 Å². The van der Waals surface area contributed by atoms with Gasteiger partial charge in [-0.1, -0.05) is 25.4 Å². The molecule has 1 fully saturated rings. The Morgan fingerprint density at radius 1 is 1.59 bits per heavy atom. The molecule has 0 aliphatic heterocycles. The SMILES string of the molecule is CCC(C)C(C)NC(=O)c1cc(C2CC2)on1. The number of amides is 1. The van der Waals surface area contributed by atoms with E-state index in [0.29, 0.717) is 17.5 Å². The maximum absolute atomic E-state index is 11.9. The van der Waals surface area contributed by atoms with Crippen LogP contribution in [-0.4, -0.2) is 17.1 Å². The van der Waals surface area contributed by atoms with Crippen molar-refractivity contribution in [3.8, 4) is 0 Å². The van der Waals surface area contributed by atoms with Gasteiger partial charge in [0.15, 0.2) is 5.69 Å². The highest BCUT2D eigenvalue weighted by Gasteiger charge is 2.29. The second kappa shape index (κ2) is 4.90. The maximum Gasteiger partial charge on any atom is 0.273 e. The lowest BCUT2D eigenvalue weighted by molar-refractivity contribution is 0.0919. The summed E-state index contributed by atoms with van der Waals surface area (Å²) in [5, 5.41) is 6.79. The van der Waals surface area contributed by atoms with Gasteiger partial charge in [0.25, 0.3) is 5.91 Å². The van der Waals surface area contributed by atoms with Crippen molar-refractivity contribution in [2.75, 3.05) is 0 Å². The number of hydrogen-bond donors (Lipinski definition) is 1. The smallest absolute Gasteiger partial charge is 0.273 e. The van der Waals surface area contributed by atoms with Crippen LogP contribution in [-0.2, 0) is 0 Å². The summed E-state index contributed by atoms with van der Waals surface area (Å²) in [6.45, 7) is 6.27. The molecule has 17 heavy (non-hydrogen) atoms. The Morgan fingerprint density at radius 2 is 2.29 bits per heavy atom. The molecule has 1 aromatic rings. The van der Waals surface area contributed by atoms with E-state index < -0.39 is 0 Å². The van der Waals surface area contributed by atoms with Gasteiger partial charge in [-0.05, 0) is 25.7 Å². The Morgan fingerprint density at radius 3 is 2.88 bits per heavy atom. The first-order valence-electron chi connectivity index (χ1n) is 6.39. The number of hydrogen-bond acceptors (Lipinski definition) is 3. The first-order valence-corrected chi connectivity index (χ1v) is 6.39. The van der Waals surface area contributed by atoms with Crippen LogP contribution in [0.25, 0.3) is 0 Å². The molecule has 2 atom stereocenters. The summed E-state index contributed by atoms with van der Waals surface area (Å²) in [5.74, 6) is 1.68. The third-order valence-corrected chi connectivity index (χ3v) is 3.60. The summed E-state index contributed by atoms with van der Waals surface area (Å²) >= 11 is 0. The van der Waals surface area contributed by atoms with Gasteiger partial charge in [0, 0.05) is 18.0 Å². The first-order chi connectivity index (χ1) is 8.11. The average molecular weight is 236 g/mol. The van der Waals surface area contributed by atoms with E-state index in [-0.39, 0.29) is 11.9 Å². The molecule has 1 amide bonds. The van der Waals surface area contributed by atoms with Crippen molar-refractivity contribution in [3.63, 3.8) is 0 Å². The molecule has 4 heteroatoms. The highest BCUT2D eigenvalue weighted by molar-refractivity contribution is 5.92. The van der Waals surface area contributed by atoms with Crippen LogP contribution in [0.15, 0.2) is 10.6 Å². The molecule has 1 heterocycles. The zero-order valence-corrected chi connectivity index (χ0v) is 10.7. The standard InChI is InChI=1S/C13H20N2O2/c1-4-8(2)9(3)14-13(16)11-7-12(17-15-11)10-5-6-10/h7-10H,4-6H2,1-3H3,(H,14,16). The van der Waals surface area contributed by atoms with Crippen molar-refractivity contribution in [3.05, 3.63) is 17.5 Å². The van der Waals surface area contributed by atoms with Crippen LogP contribution in [0.4, 0.5) is 0 Å². The van der Waals surface area contributed by atoms with Crippen LogP contribution < -0.4 is 5.32 Å². The van der Waals surface area contributed by atoms with Crippen molar-refractivity contribution >= 4 is 5.91 Å². The van der Waals surface area contributed by atoms with E-state index in [1.807, 2.05) is 6.92 Å². The van der Waals surface area contributed by atoms with Crippen molar-refractivity contribution in [1.82, 2.24) is 10.5 Å². The average Bonchev–Trinajstić information content (AvgIpc) is 3.05. The zero-order chi connectivity index (χ0) is 12.4. The topological polar surface area (TPSA) is 55.1 Å². The van der Waals surface area contributed by atoms with Crippen LogP contribution >= 0.6 is 0 Å². The molecule has 1 aliphatic rings. The molecule has 0 spiro atoms. The molecule has 0 bridgehead atoms. The molecule has 0 radical (unpaired) electrons. The molecular weight excluding hydrogens is 216 g/mol. The molecule has 4 nitrogen and oxygen atoms in total. The Hall–Kier alpha value is -1.32. The van der Waals surface area contributed by atoms with E-state index in [0.717, 1.165) is 25.0 Å². The molecule has 1 aliphatic carbocycles. The number of rotatable bonds is 5. The molecule has 2 rings (SSSR count). The number of carbonyl (C=O) groups is 1. The summed E-state index contributed by atoms with van der Waals surface area (Å²) in [6.07, 6.45) is 3.35. The lowest BCUT2D eigenvalue weighted by atomic mass is 10.0. The van der Waals surface area contributed by atoms with Crippen molar-refractivity contribution in [1.29, 1.82) is 0 Å². The van der Waals surface area contributed by atoms with E-state index in [9.17, 15) is 4.79 Å². The fraction of sp³-hybridized carbons (Fsp3) is 0.692. The second-order valence-corrected chi connectivity index (χ2v) is 5.04. The summed E-state index contributed by atoms with van der Waals surface area (Å²) in [7, 11) is 0. The highest BCUT2D eigenvalue weighted by Crippen LogP contribution is 2.40. The summed E-state index contributed by atoms with van der Waals surface area (Å²) in [6, 6.07) is 1.93.